The van der Waals surface area contributed by atoms with E-state index in [-0.39, 0.29) is 6.61 Å². The van der Waals surface area contributed by atoms with Gasteiger partial charge in [-0.1, -0.05) is 19.4 Å². The van der Waals surface area contributed by atoms with E-state index in [2.05, 4.69) is 12.2 Å². The van der Waals surface area contributed by atoms with Crippen molar-refractivity contribution >= 4 is 11.6 Å². The topological polar surface area (TPSA) is 64.3 Å². The number of carbonyl (C=O) groups excluding carboxylic acids is 1. The van der Waals surface area contributed by atoms with E-state index in [0.717, 1.165) is 5.69 Å². The zero-order valence-corrected chi connectivity index (χ0v) is 10.7. The summed E-state index contributed by atoms with van der Waals surface area (Å²) in [4.78, 5) is 10.7. The maximum Gasteiger partial charge on any atom is 0.255 e. The van der Waals surface area contributed by atoms with Crippen LogP contribution in [0.4, 0.5) is 5.69 Å². The molecule has 0 spiro atoms. The van der Waals surface area contributed by atoms with Crippen LogP contribution in [-0.2, 0) is 4.79 Å². The van der Waals surface area contributed by atoms with Crippen molar-refractivity contribution in [2.24, 2.45) is 11.7 Å². The highest BCUT2D eigenvalue weighted by atomic mass is 16.5. The third kappa shape index (κ3) is 3.39. The summed E-state index contributed by atoms with van der Waals surface area (Å²) < 4.78 is 5.28. The Balaban J connectivity index is 1.96. The van der Waals surface area contributed by atoms with Gasteiger partial charge in [0, 0.05) is 17.8 Å². The standard InChI is InChI=1S/C14H20N2O2/c1-10-4-2-7-13(10)16-11-5-3-6-12(8-11)18-9-14(15)17/h3,5-6,8,10,13,16H,2,4,7,9H2,1H3,(H2,15,17). The Kier molecular flexibility index (Phi) is 4.07. The van der Waals surface area contributed by atoms with Gasteiger partial charge in [0.05, 0.1) is 0 Å². The first-order valence-corrected chi connectivity index (χ1v) is 6.43. The van der Waals surface area contributed by atoms with Crippen LogP contribution < -0.4 is 15.8 Å². The highest BCUT2D eigenvalue weighted by Crippen LogP contribution is 2.28. The van der Waals surface area contributed by atoms with Gasteiger partial charge in [-0.3, -0.25) is 4.79 Å². The third-order valence-electron chi connectivity index (χ3n) is 3.43. The maximum atomic E-state index is 10.7. The first kappa shape index (κ1) is 12.7. The summed E-state index contributed by atoms with van der Waals surface area (Å²) in [5.41, 5.74) is 6.09. The second-order valence-corrected chi connectivity index (χ2v) is 4.94. The minimum atomic E-state index is -0.460. The molecule has 1 aliphatic carbocycles. The number of rotatable bonds is 5. The number of nitrogens with two attached hydrogens (primary N) is 1. The van der Waals surface area contributed by atoms with E-state index in [0.29, 0.717) is 17.7 Å². The van der Waals surface area contributed by atoms with Crippen molar-refractivity contribution in [3.8, 4) is 5.75 Å². The molecule has 1 aromatic carbocycles. The van der Waals surface area contributed by atoms with E-state index < -0.39 is 5.91 Å². The molecule has 0 aliphatic heterocycles. The first-order chi connectivity index (χ1) is 8.65. The molecule has 4 heteroatoms. The molecule has 0 heterocycles. The highest BCUT2D eigenvalue weighted by Gasteiger charge is 2.22. The van der Waals surface area contributed by atoms with Gasteiger partial charge in [0.15, 0.2) is 6.61 Å². The minimum Gasteiger partial charge on any atom is -0.484 e. The molecule has 0 radical (unpaired) electrons. The molecule has 2 rings (SSSR count). The molecular weight excluding hydrogens is 228 g/mol. The fourth-order valence-corrected chi connectivity index (χ4v) is 2.40. The number of hydrogen-bond donors (Lipinski definition) is 2. The molecule has 1 aliphatic rings. The van der Waals surface area contributed by atoms with Crippen LogP contribution in [0, 0.1) is 5.92 Å². The largest absolute Gasteiger partial charge is 0.484 e. The van der Waals surface area contributed by atoms with Gasteiger partial charge in [0.1, 0.15) is 5.75 Å². The van der Waals surface area contributed by atoms with Crippen LogP contribution in [0.3, 0.4) is 0 Å². The van der Waals surface area contributed by atoms with Crippen LogP contribution in [0.5, 0.6) is 5.75 Å². The maximum absolute atomic E-state index is 10.7. The molecular formula is C14H20N2O2. The molecule has 1 fully saturated rings. The lowest BCUT2D eigenvalue weighted by Crippen LogP contribution is -2.22. The van der Waals surface area contributed by atoms with E-state index in [1.54, 1.807) is 0 Å². The quantitative estimate of drug-likeness (QED) is 0.839. The molecule has 0 aromatic heterocycles. The lowest BCUT2D eigenvalue weighted by Gasteiger charge is -2.19. The number of amides is 1. The van der Waals surface area contributed by atoms with Gasteiger partial charge in [-0.2, -0.15) is 0 Å². The zero-order chi connectivity index (χ0) is 13.0. The Morgan fingerprint density at radius 3 is 3.00 bits per heavy atom. The molecule has 3 N–H and O–H groups in total. The van der Waals surface area contributed by atoms with Crippen LogP contribution in [0.15, 0.2) is 24.3 Å². The van der Waals surface area contributed by atoms with Gasteiger partial charge in [0.25, 0.3) is 5.91 Å². The van der Waals surface area contributed by atoms with Crippen LogP contribution in [0.2, 0.25) is 0 Å². The van der Waals surface area contributed by atoms with Gasteiger partial charge in [-0.05, 0) is 30.9 Å². The summed E-state index contributed by atoms with van der Waals surface area (Å²) in [6.45, 7) is 2.20. The number of anilines is 1. The van der Waals surface area contributed by atoms with Crippen LogP contribution in [-0.4, -0.2) is 18.6 Å². The number of primary amides is 1. The molecule has 1 saturated carbocycles. The molecule has 4 nitrogen and oxygen atoms in total. The molecule has 1 amide bonds. The summed E-state index contributed by atoms with van der Waals surface area (Å²) in [5.74, 6) is 0.919. The number of benzene rings is 1. The van der Waals surface area contributed by atoms with E-state index in [1.165, 1.54) is 19.3 Å². The average molecular weight is 248 g/mol. The normalized spacial score (nSPS) is 22.7. The van der Waals surface area contributed by atoms with Crippen molar-refractivity contribution in [3.63, 3.8) is 0 Å². The third-order valence-corrected chi connectivity index (χ3v) is 3.43. The summed E-state index contributed by atoms with van der Waals surface area (Å²) in [7, 11) is 0. The molecule has 98 valence electrons. The summed E-state index contributed by atoms with van der Waals surface area (Å²) >= 11 is 0. The Morgan fingerprint density at radius 1 is 1.50 bits per heavy atom. The number of ether oxygens (including phenoxy) is 1. The predicted octanol–water partition coefficient (Wildman–Crippen LogP) is 2.15. The fourth-order valence-electron chi connectivity index (χ4n) is 2.40. The van der Waals surface area contributed by atoms with Crippen molar-refractivity contribution in [2.45, 2.75) is 32.2 Å². The van der Waals surface area contributed by atoms with E-state index in [9.17, 15) is 4.79 Å². The average Bonchev–Trinajstić information content (AvgIpc) is 2.73. The lowest BCUT2D eigenvalue weighted by atomic mass is 10.1. The van der Waals surface area contributed by atoms with Gasteiger partial charge in [0.2, 0.25) is 0 Å². The van der Waals surface area contributed by atoms with Crippen molar-refractivity contribution in [1.82, 2.24) is 0 Å². The van der Waals surface area contributed by atoms with Crippen molar-refractivity contribution < 1.29 is 9.53 Å². The van der Waals surface area contributed by atoms with Crippen LogP contribution in [0.1, 0.15) is 26.2 Å². The molecule has 18 heavy (non-hydrogen) atoms. The Labute approximate surface area is 108 Å². The van der Waals surface area contributed by atoms with E-state index in [4.69, 9.17) is 10.5 Å². The zero-order valence-electron chi connectivity index (χ0n) is 10.7. The van der Waals surface area contributed by atoms with Crippen molar-refractivity contribution in [3.05, 3.63) is 24.3 Å². The SMILES string of the molecule is CC1CCCC1Nc1cccc(OCC(N)=O)c1. The monoisotopic (exact) mass is 248 g/mol. The molecule has 0 saturated heterocycles. The Bertz CT molecular complexity index is 420. The highest BCUT2D eigenvalue weighted by molar-refractivity contribution is 5.75. The number of carbonyl (C=O) groups is 1. The van der Waals surface area contributed by atoms with Crippen molar-refractivity contribution in [1.29, 1.82) is 0 Å². The summed E-state index contributed by atoms with van der Waals surface area (Å²) in [6.07, 6.45) is 3.79. The first-order valence-electron chi connectivity index (χ1n) is 6.43. The lowest BCUT2D eigenvalue weighted by molar-refractivity contribution is -0.119. The Morgan fingerprint density at radius 2 is 2.33 bits per heavy atom. The summed E-state index contributed by atoms with van der Waals surface area (Å²) in [6, 6.07) is 8.21. The van der Waals surface area contributed by atoms with Gasteiger partial charge < -0.3 is 15.8 Å². The van der Waals surface area contributed by atoms with Gasteiger partial charge >= 0.3 is 0 Å². The second kappa shape index (κ2) is 5.76. The van der Waals surface area contributed by atoms with Crippen molar-refractivity contribution in [2.75, 3.05) is 11.9 Å². The van der Waals surface area contributed by atoms with E-state index >= 15 is 0 Å². The minimum absolute atomic E-state index is 0.0801. The molecule has 2 atom stereocenters. The number of hydrogen-bond acceptors (Lipinski definition) is 3. The molecule has 2 unspecified atom stereocenters. The van der Waals surface area contributed by atoms with E-state index in [1.807, 2.05) is 24.3 Å². The van der Waals surface area contributed by atoms with Gasteiger partial charge in [-0.25, -0.2) is 0 Å². The Hall–Kier alpha value is -1.71. The second-order valence-electron chi connectivity index (χ2n) is 4.94. The van der Waals surface area contributed by atoms with Crippen LogP contribution in [0.25, 0.3) is 0 Å². The van der Waals surface area contributed by atoms with Gasteiger partial charge in [-0.15, -0.1) is 0 Å². The predicted molar refractivity (Wildman–Crippen MR) is 71.6 cm³/mol. The van der Waals surface area contributed by atoms with Crippen LogP contribution >= 0.6 is 0 Å². The fraction of sp³-hybridized carbons (Fsp3) is 0.500. The smallest absolute Gasteiger partial charge is 0.255 e. The summed E-state index contributed by atoms with van der Waals surface area (Å²) in [5, 5.41) is 3.52. The molecule has 0 bridgehead atoms. The number of nitrogens with one attached hydrogen (secondary N) is 1. The molecule has 1 aromatic rings.